The van der Waals surface area contributed by atoms with E-state index in [4.69, 9.17) is 0 Å². The fraction of sp³-hybridized carbons (Fsp3) is 0.412. The summed E-state index contributed by atoms with van der Waals surface area (Å²) in [6, 6.07) is 9.60. The lowest BCUT2D eigenvalue weighted by atomic mass is 10.1. The van der Waals surface area contributed by atoms with Crippen molar-refractivity contribution in [2.75, 3.05) is 18.6 Å². The second-order valence-electron chi connectivity index (χ2n) is 6.19. The lowest BCUT2D eigenvalue weighted by Gasteiger charge is -2.23. The molecule has 1 aromatic heterocycles. The molecule has 1 unspecified atom stereocenters. The van der Waals surface area contributed by atoms with Crippen LogP contribution in [0.3, 0.4) is 0 Å². The minimum Gasteiger partial charge on any atom is -0.342 e. The molecule has 2 aromatic rings. The van der Waals surface area contributed by atoms with Crippen LogP contribution >= 0.6 is 0 Å². The summed E-state index contributed by atoms with van der Waals surface area (Å²) in [5.74, 6) is 0.241. The van der Waals surface area contributed by atoms with Crippen molar-refractivity contribution in [3.63, 3.8) is 0 Å². The second-order valence-corrected chi connectivity index (χ2v) is 8.42. The lowest BCUT2D eigenvalue weighted by Crippen LogP contribution is -2.37. The van der Waals surface area contributed by atoms with E-state index in [1.165, 1.54) is 0 Å². The first-order valence-electron chi connectivity index (χ1n) is 8.00. The fourth-order valence-electron chi connectivity index (χ4n) is 2.92. The van der Waals surface area contributed by atoms with Gasteiger partial charge in [0.15, 0.2) is 9.84 Å². The Morgan fingerprint density at radius 1 is 1.33 bits per heavy atom. The minimum atomic E-state index is -2.98. The number of benzene rings is 1. The van der Waals surface area contributed by atoms with E-state index in [-0.39, 0.29) is 23.5 Å². The summed E-state index contributed by atoms with van der Waals surface area (Å²) < 4.78 is 24.9. The highest BCUT2D eigenvalue weighted by molar-refractivity contribution is 7.91. The van der Waals surface area contributed by atoms with Gasteiger partial charge in [-0.2, -0.15) is 5.10 Å². The summed E-state index contributed by atoms with van der Waals surface area (Å²) >= 11 is 0. The maximum atomic E-state index is 12.3. The molecule has 128 valence electrons. The van der Waals surface area contributed by atoms with Crippen molar-refractivity contribution in [1.82, 2.24) is 14.7 Å². The van der Waals surface area contributed by atoms with Gasteiger partial charge in [-0.25, -0.2) is 13.1 Å². The zero-order chi connectivity index (χ0) is 17.2. The van der Waals surface area contributed by atoms with Gasteiger partial charge in [-0.1, -0.05) is 18.2 Å². The number of para-hydroxylation sites is 1. The Morgan fingerprint density at radius 2 is 2.08 bits per heavy atom. The molecule has 0 saturated carbocycles. The number of nitrogens with zero attached hydrogens (tertiary/aromatic N) is 3. The third-order valence-corrected chi connectivity index (χ3v) is 6.18. The van der Waals surface area contributed by atoms with Crippen molar-refractivity contribution >= 4 is 15.7 Å². The van der Waals surface area contributed by atoms with Gasteiger partial charge in [0.1, 0.15) is 0 Å². The third kappa shape index (κ3) is 3.84. The number of carbonyl (C=O) groups excluding carboxylic acids is 1. The van der Waals surface area contributed by atoms with E-state index in [1.807, 2.05) is 36.5 Å². The monoisotopic (exact) mass is 347 g/mol. The summed E-state index contributed by atoms with van der Waals surface area (Å²) in [6.45, 7) is 0. The van der Waals surface area contributed by atoms with Gasteiger partial charge in [0, 0.05) is 25.7 Å². The van der Waals surface area contributed by atoms with E-state index in [1.54, 1.807) is 22.8 Å². The van der Waals surface area contributed by atoms with Crippen LogP contribution in [0.2, 0.25) is 0 Å². The predicted octanol–water partition coefficient (Wildman–Crippen LogP) is 1.45. The van der Waals surface area contributed by atoms with Gasteiger partial charge in [0.05, 0.1) is 23.4 Å². The standard InChI is InChI=1S/C17H21N3O3S/c1-19(16-9-10-24(22,23)13-16)17(21)8-7-14-11-18-20(12-14)15-5-3-2-4-6-15/h2-6,11-12,16H,7-10,13H2,1H3. The van der Waals surface area contributed by atoms with Gasteiger partial charge >= 0.3 is 0 Å². The SMILES string of the molecule is CN(C(=O)CCc1cnn(-c2ccccc2)c1)C1CCS(=O)(=O)C1. The van der Waals surface area contributed by atoms with Crippen molar-refractivity contribution in [2.45, 2.75) is 25.3 Å². The van der Waals surface area contributed by atoms with Crippen LogP contribution in [0.4, 0.5) is 0 Å². The first-order chi connectivity index (χ1) is 11.4. The maximum Gasteiger partial charge on any atom is 0.222 e. The molecule has 7 heteroatoms. The van der Waals surface area contributed by atoms with Crippen LogP contribution in [-0.4, -0.2) is 53.6 Å². The van der Waals surface area contributed by atoms with E-state index in [2.05, 4.69) is 5.10 Å². The zero-order valence-electron chi connectivity index (χ0n) is 13.6. The van der Waals surface area contributed by atoms with Gasteiger partial charge in [0.2, 0.25) is 5.91 Å². The highest BCUT2D eigenvalue weighted by atomic mass is 32.2. The Morgan fingerprint density at radius 3 is 2.75 bits per heavy atom. The van der Waals surface area contributed by atoms with Crippen molar-refractivity contribution in [1.29, 1.82) is 0 Å². The molecule has 1 saturated heterocycles. The number of rotatable bonds is 5. The summed E-state index contributed by atoms with van der Waals surface area (Å²) in [5.41, 5.74) is 1.96. The highest BCUT2D eigenvalue weighted by Gasteiger charge is 2.32. The maximum absolute atomic E-state index is 12.3. The van der Waals surface area contributed by atoms with Crippen molar-refractivity contribution in [3.05, 3.63) is 48.3 Å². The number of aromatic nitrogens is 2. The van der Waals surface area contributed by atoms with Gasteiger partial charge in [0.25, 0.3) is 0 Å². The van der Waals surface area contributed by atoms with E-state index >= 15 is 0 Å². The van der Waals surface area contributed by atoms with E-state index in [0.29, 0.717) is 19.3 Å². The summed E-state index contributed by atoms with van der Waals surface area (Å²) in [6.07, 6.45) is 5.17. The fourth-order valence-corrected chi connectivity index (χ4v) is 4.70. The molecule has 3 rings (SSSR count). The Bertz CT molecular complexity index is 815. The first kappa shape index (κ1) is 16.7. The van der Waals surface area contributed by atoms with E-state index in [9.17, 15) is 13.2 Å². The van der Waals surface area contributed by atoms with Gasteiger partial charge < -0.3 is 4.90 Å². The predicted molar refractivity (Wildman–Crippen MR) is 91.7 cm³/mol. The highest BCUT2D eigenvalue weighted by Crippen LogP contribution is 2.18. The Balaban J connectivity index is 1.56. The van der Waals surface area contributed by atoms with Gasteiger partial charge in [-0.15, -0.1) is 0 Å². The molecule has 0 spiro atoms. The molecule has 0 radical (unpaired) electrons. The number of aryl methyl sites for hydroxylation is 1. The van der Waals surface area contributed by atoms with E-state index in [0.717, 1.165) is 11.3 Å². The number of hydrogen-bond acceptors (Lipinski definition) is 4. The smallest absolute Gasteiger partial charge is 0.222 e. The molecule has 1 fully saturated rings. The van der Waals surface area contributed by atoms with Gasteiger partial charge in [-0.3, -0.25) is 4.79 Å². The molecular formula is C17H21N3O3S. The number of hydrogen-bond donors (Lipinski definition) is 0. The first-order valence-corrected chi connectivity index (χ1v) is 9.82. The zero-order valence-corrected chi connectivity index (χ0v) is 14.4. The van der Waals surface area contributed by atoms with Crippen LogP contribution in [0.5, 0.6) is 0 Å². The quantitative estimate of drug-likeness (QED) is 0.821. The molecule has 1 aliphatic heterocycles. The van der Waals surface area contributed by atoms with Crippen LogP contribution in [-0.2, 0) is 21.1 Å². The summed E-state index contributed by atoms with van der Waals surface area (Å²) in [4.78, 5) is 13.9. The summed E-state index contributed by atoms with van der Waals surface area (Å²) in [5, 5.41) is 4.32. The van der Waals surface area contributed by atoms with Crippen LogP contribution in [0, 0.1) is 0 Å². The molecule has 2 heterocycles. The largest absolute Gasteiger partial charge is 0.342 e. The average molecular weight is 347 g/mol. The van der Waals surface area contributed by atoms with Gasteiger partial charge in [-0.05, 0) is 30.5 Å². The molecule has 0 N–H and O–H groups in total. The molecular weight excluding hydrogens is 326 g/mol. The molecule has 24 heavy (non-hydrogen) atoms. The van der Waals surface area contributed by atoms with Crippen molar-refractivity contribution in [2.24, 2.45) is 0 Å². The molecule has 1 atom stereocenters. The average Bonchev–Trinajstić information content (AvgIpc) is 3.19. The van der Waals surface area contributed by atoms with Crippen molar-refractivity contribution < 1.29 is 13.2 Å². The Labute approximate surface area is 142 Å². The van der Waals surface area contributed by atoms with Crippen LogP contribution in [0.25, 0.3) is 5.69 Å². The number of carbonyl (C=O) groups is 1. The van der Waals surface area contributed by atoms with Crippen LogP contribution in [0.15, 0.2) is 42.7 Å². The Hall–Kier alpha value is -2.15. The third-order valence-electron chi connectivity index (χ3n) is 4.43. The molecule has 0 aliphatic carbocycles. The molecule has 1 aliphatic rings. The van der Waals surface area contributed by atoms with Crippen LogP contribution < -0.4 is 0 Å². The molecule has 1 aromatic carbocycles. The van der Waals surface area contributed by atoms with Crippen LogP contribution in [0.1, 0.15) is 18.4 Å². The lowest BCUT2D eigenvalue weighted by molar-refractivity contribution is -0.131. The molecule has 0 bridgehead atoms. The minimum absolute atomic E-state index is 0.0236. The van der Waals surface area contributed by atoms with E-state index < -0.39 is 9.84 Å². The summed E-state index contributed by atoms with van der Waals surface area (Å²) in [7, 11) is -1.28. The Kier molecular flexibility index (Phi) is 4.71. The molecule has 1 amide bonds. The normalized spacial score (nSPS) is 19.3. The van der Waals surface area contributed by atoms with Crippen molar-refractivity contribution in [3.8, 4) is 5.69 Å². The number of sulfone groups is 1. The molecule has 6 nitrogen and oxygen atoms in total. The topological polar surface area (TPSA) is 72.3 Å². The second kappa shape index (κ2) is 6.76. The number of amides is 1.